The monoisotopic (exact) mass is 238 g/mol. The van der Waals surface area contributed by atoms with Crippen molar-refractivity contribution < 1.29 is 9.53 Å². The SMILES string of the molecule is C[Si](C)(C)C#CCOc1ccsc1C=O. The van der Waals surface area contributed by atoms with Gasteiger partial charge in [-0.2, -0.15) is 0 Å². The van der Waals surface area contributed by atoms with Crippen molar-refractivity contribution in [2.45, 2.75) is 19.6 Å². The first kappa shape index (κ1) is 12.0. The lowest BCUT2D eigenvalue weighted by Crippen LogP contribution is -2.16. The van der Waals surface area contributed by atoms with Crippen molar-refractivity contribution in [1.82, 2.24) is 0 Å². The number of carbonyl (C=O) groups is 1. The topological polar surface area (TPSA) is 26.3 Å². The van der Waals surface area contributed by atoms with E-state index in [4.69, 9.17) is 4.74 Å². The summed E-state index contributed by atoms with van der Waals surface area (Å²) in [6.07, 6.45) is 0.811. The number of carbonyl (C=O) groups excluding carboxylic acids is 1. The fourth-order valence-corrected chi connectivity index (χ4v) is 2.17. The first-order valence-electron chi connectivity index (χ1n) is 4.68. The van der Waals surface area contributed by atoms with Crippen molar-refractivity contribution >= 4 is 25.7 Å². The second-order valence-electron chi connectivity index (χ2n) is 4.11. The van der Waals surface area contributed by atoms with E-state index >= 15 is 0 Å². The van der Waals surface area contributed by atoms with Crippen LogP contribution in [0.5, 0.6) is 5.75 Å². The molecule has 0 radical (unpaired) electrons. The number of aldehydes is 1. The van der Waals surface area contributed by atoms with Crippen molar-refractivity contribution in [1.29, 1.82) is 0 Å². The van der Waals surface area contributed by atoms with E-state index in [1.54, 1.807) is 6.07 Å². The van der Waals surface area contributed by atoms with E-state index in [2.05, 4.69) is 31.1 Å². The minimum Gasteiger partial charge on any atom is -0.479 e. The summed E-state index contributed by atoms with van der Waals surface area (Å²) in [7, 11) is -1.31. The predicted octanol–water partition coefficient (Wildman–Crippen LogP) is 2.82. The number of ether oxygens (including phenoxy) is 1. The normalized spacial score (nSPS) is 10.3. The Kier molecular flexibility index (Phi) is 4.12. The second-order valence-corrected chi connectivity index (χ2v) is 9.81. The summed E-state index contributed by atoms with van der Waals surface area (Å²) in [5.74, 6) is 3.63. The van der Waals surface area contributed by atoms with Crippen LogP contribution in [0.25, 0.3) is 0 Å². The average molecular weight is 238 g/mol. The van der Waals surface area contributed by atoms with E-state index < -0.39 is 8.07 Å². The lowest BCUT2D eigenvalue weighted by molar-refractivity contribution is 0.112. The van der Waals surface area contributed by atoms with E-state index in [0.717, 1.165) is 6.29 Å². The Bertz CT molecular complexity index is 393. The molecule has 0 unspecified atom stereocenters. The maximum atomic E-state index is 10.6. The maximum Gasteiger partial charge on any atom is 0.163 e. The molecule has 0 atom stereocenters. The number of thiophene rings is 1. The van der Waals surface area contributed by atoms with Gasteiger partial charge in [0.2, 0.25) is 0 Å². The summed E-state index contributed by atoms with van der Waals surface area (Å²) in [6.45, 7) is 6.91. The van der Waals surface area contributed by atoms with Gasteiger partial charge < -0.3 is 4.74 Å². The van der Waals surface area contributed by atoms with E-state index in [9.17, 15) is 4.79 Å². The van der Waals surface area contributed by atoms with Crippen LogP contribution >= 0.6 is 11.3 Å². The summed E-state index contributed by atoms with van der Waals surface area (Å²) < 4.78 is 5.39. The van der Waals surface area contributed by atoms with Gasteiger partial charge in [-0.25, -0.2) is 0 Å². The van der Waals surface area contributed by atoms with Crippen molar-refractivity contribution in [3.8, 4) is 17.2 Å². The Hall–Kier alpha value is -1.05. The Morgan fingerprint density at radius 1 is 1.53 bits per heavy atom. The van der Waals surface area contributed by atoms with E-state index in [0.29, 0.717) is 17.2 Å². The molecule has 0 saturated heterocycles. The van der Waals surface area contributed by atoms with Crippen LogP contribution in [-0.4, -0.2) is 21.0 Å². The molecule has 1 aromatic heterocycles. The minimum atomic E-state index is -1.31. The van der Waals surface area contributed by atoms with Crippen LogP contribution in [0.1, 0.15) is 9.67 Å². The zero-order valence-electron chi connectivity index (χ0n) is 9.16. The summed E-state index contributed by atoms with van der Waals surface area (Å²) >= 11 is 1.38. The first-order chi connectivity index (χ1) is 7.03. The third-order valence-corrected chi connectivity index (χ3v) is 3.28. The Balaban J connectivity index is 2.50. The van der Waals surface area contributed by atoms with Crippen LogP contribution < -0.4 is 4.74 Å². The molecule has 0 spiro atoms. The highest BCUT2D eigenvalue weighted by Gasteiger charge is 2.07. The molecule has 1 aromatic rings. The van der Waals surface area contributed by atoms with Gasteiger partial charge in [0.25, 0.3) is 0 Å². The lowest BCUT2D eigenvalue weighted by Gasteiger charge is -2.04. The van der Waals surface area contributed by atoms with Crippen molar-refractivity contribution in [3.63, 3.8) is 0 Å². The third-order valence-electron chi connectivity index (χ3n) is 1.53. The summed E-state index contributed by atoms with van der Waals surface area (Å²) in [5, 5.41) is 1.84. The first-order valence-corrected chi connectivity index (χ1v) is 9.06. The molecule has 0 aliphatic heterocycles. The third kappa shape index (κ3) is 4.32. The summed E-state index contributed by atoms with van der Waals surface area (Å²) in [5.41, 5.74) is 3.20. The van der Waals surface area contributed by atoms with E-state index in [1.165, 1.54) is 11.3 Å². The molecule has 15 heavy (non-hydrogen) atoms. The van der Waals surface area contributed by atoms with Gasteiger partial charge in [0.05, 0.1) is 0 Å². The molecule has 1 rings (SSSR count). The van der Waals surface area contributed by atoms with Gasteiger partial charge in [-0.1, -0.05) is 25.6 Å². The quantitative estimate of drug-likeness (QED) is 0.460. The molecule has 1 heterocycles. The summed E-state index contributed by atoms with van der Waals surface area (Å²) in [6, 6.07) is 1.80. The lowest BCUT2D eigenvalue weighted by atomic mass is 10.4. The van der Waals surface area contributed by atoms with Crippen molar-refractivity contribution in [2.24, 2.45) is 0 Å². The molecule has 0 aliphatic rings. The number of hydrogen-bond acceptors (Lipinski definition) is 3. The van der Waals surface area contributed by atoms with Gasteiger partial charge in [-0.15, -0.1) is 16.9 Å². The Morgan fingerprint density at radius 2 is 2.27 bits per heavy atom. The van der Waals surface area contributed by atoms with E-state index in [1.807, 2.05) is 5.38 Å². The van der Waals surface area contributed by atoms with Crippen LogP contribution in [0.3, 0.4) is 0 Å². The van der Waals surface area contributed by atoms with Crippen LogP contribution in [0.2, 0.25) is 19.6 Å². The maximum absolute atomic E-state index is 10.6. The van der Waals surface area contributed by atoms with Crippen LogP contribution in [0.15, 0.2) is 11.4 Å². The highest BCUT2D eigenvalue weighted by Crippen LogP contribution is 2.22. The molecule has 0 aromatic carbocycles. The molecule has 2 nitrogen and oxygen atoms in total. The zero-order chi connectivity index (χ0) is 11.3. The van der Waals surface area contributed by atoms with Crippen molar-refractivity contribution in [2.75, 3.05) is 6.61 Å². The smallest absolute Gasteiger partial charge is 0.163 e. The summed E-state index contributed by atoms with van der Waals surface area (Å²) in [4.78, 5) is 11.2. The van der Waals surface area contributed by atoms with Crippen LogP contribution in [0.4, 0.5) is 0 Å². The van der Waals surface area contributed by atoms with Gasteiger partial charge in [-0.05, 0) is 11.4 Å². The van der Waals surface area contributed by atoms with Crippen LogP contribution in [-0.2, 0) is 0 Å². The molecule has 0 bridgehead atoms. The molecular formula is C11H14O2SSi. The minimum absolute atomic E-state index is 0.363. The fraction of sp³-hybridized carbons (Fsp3) is 0.364. The highest BCUT2D eigenvalue weighted by atomic mass is 32.1. The number of rotatable bonds is 3. The van der Waals surface area contributed by atoms with Gasteiger partial charge in [-0.3, -0.25) is 4.79 Å². The van der Waals surface area contributed by atoms with Gasteiger partial charge in [0.1, 0.15) is 25.3 Å². The fourth-order valence-electron chi connectivity index (χ4n) is 0.930. The van der Waals surface area contributed by atoms with Gasteiger partial charge >= 0.3 is 0 Å². The molecule has 0 fully saturated rings. The van der Waals surface area contributed by atoms with Gasteiger partial charge in [0, 0.05) is 0 Å². The largest absolute Gasteiger partial charge is 0.479 e. The second kappa shape index (κ2) is 5.15. The molecule has 0 amide bonds. The van der Waals surface area contributed by atoms with Crippen molar-refractivity contribution in [3.05, 3.63) is 16.3 Å². The molecular weight excluding hydrogens is 224 g/mol. The Labute approximate surface area is 95.3 Å². The molecule has 80 valence electrons. The Morgan fingerprint density at radius 3 is 2.87 bits per heavy atom. The predicted molar refractivity (Wildman–Crippen MR) is 66.3 cm³/mol. The average Bonchev–Trinajstić information content (AvgIpc) is 2.58. The number of hydrogen-bond donors (Lipinski definition) is 0. The zero-order valence-corrected chi connectivity index (χ0v) is 11.0. The molecule has 4 heteroatoms. The van der Waals surface area contributed by atoms with Crippen LogP contribution in [0, 0.1) is 11.5 Å². The highest BCUT2D eigenvalue weighted by molar-refractivity contribution is 7.12. The van der Waals surface area contributed by atoms with E-state index in [-0.39, 0.29) is 0 Å². The standard InChI is InChI=1S/C11H14O2SSi/c1-15(2,3)8-4-6-13-10-5-7-14-11(10)9-12/h5,7,9H,6H2,1-3H3. The molecule has 0 N–H and O–H groups in total. The molecule has 0 saturated carbocycles. The molecule has 0 aliphatic carbocycles. The van der Waals surface area contributed by atoms with Gasteiger partial charge in [0.15, 0.2) is 6.29 Å².